The maximum Gasteiger partial charge on any atom is 0.239 e. The Kier molecular flexibility index (Phi) is 5.91. The Bertz CT molecular complexity index is 1280. The molecule has 12 heteroatoms. The van der Waals surface area contributed by atoms with Gasteiger partial charge in [-0.25, -0.2) is 0 Å². The van der Waals surface area contributed by atoms with Gasteiger partial charge < -0.3 is 54.4 Å². The summed E-state index contributed by atoms with van der Waals surface area (Å²) in [5.74, 6) is -3.38. The van der Waals surface area contributed by atoms with Crippen LogP contribution in [0.3, 0.4) is 0 Å². The van der Waals surface area contributed by atoms with E-state index in [1.807, 2.05) is 0 Å². The normalized spacial score (nSPS) is 24.8. The zero-order valence-corrected chi connectivity index (χ0v) is 17.9. The Morgan fingerprint density at radius 3 is 2.15 bits per heavy atom. The van der Waals surface area contributed by atoms with E-state index in [2.05, 4.69) is 0 Å². The summed E-state index contributed by atoms with van der Waals surface area (Å²) in [6, 6.07) is 4.33. The predicted molar refractivity (Wildman–Crippen MR) is 114 cm³/mol. The van der Waals surface area contributed by atoms with Crippen LogP contribution in [0.15, 0.2) is 33.5 Å². The number of benzene rings is 2. The molecule has 0 radical (unpaired) electrons. The molecule has 182 valence electrons. The molecule has 1 saturated heterocycles. The number of ether oxygens (including phenoxy) is 3. The first-order chi connectivity index (χ1) is 16.0. The summed E-state index contributed by atoms with van der Waals surface area (Å²) in [6.45, 7) is 1.47. The van der Waals surface area contributed by atoms with Crippen molar-refractivity contribution in [1.29, 1.82) is 0 Å². The summed E-state index contributed by atoms with van der Waals surface area (Å²) in [4.78, 5) is 13.0. The van der Waals surface area contributed by atoms with Crippen LogP contribution < -0.4 is 14.9 Å². The highest BCUT2D eigenvalue weighted by molar-refractivity contribution is 5.88. The highest BCUT2D eigenvalue weighted by Gasteiger charge is 2.43. The molecule has 3 aromatic rings. The summed E-state index contributed by atoms with van der Waals surface area (Å²) in [5, 5.41) is 69.4. The second kappa shape index (κ2) is 8.57. The third-order valence-electron chi connectivity index (χ3n) is 5.50. The van der Waals surface area contributed by atoms with Gasteiger partial charge in [-0.1, -0.05) is 0 Å². The molecular weight excluding hydrogens is 456 g/mol. The van der Waals surface area contributed by atoms with Gasteiger partial charge in [0.25, 0.3) is 0 Å². The van der Waals surface area contributed by atoms with Gasteiger partial charge in [-0.2, -0.15) is 0 Å². The number of phenolic OH excluding ortho intramolecular Hbond substituents is 4. The van der Waals surface area contributed by atoms with Gasteiger partial charge in [-0.15, -0.1) is 0 Å². The van der Waals surface area contributed by atoms with E-state index in [-0.39, 0.29) is 33.8 Å². The van der Waals surface area contributed by atoms with Crippen LogP contribution in [0.1, 0.15) is 6.92 Å². The smallest absolute Gasteiger partial charge is 0.239 e. The van der Waals surface area contributed by atoms with E-state index in [9.17, 15) is 40.5 Å². The van der Waals surface area contributed by atoms with Gasteiger partial charge in [0.2, 0.25) is 17.5 Å². The minimum Gasteiger partial charge on any atom is -0.507 e. The fraction of sp³-hybridized carbons (Fsp3) is 0.318. The van der Waals surface area contributed by atoms with Crippen LogP contribution >= 0.6 is 0 Å². The number of hydrogen-bond donors (Lipinski definition) is 7. The van der Waals surface area contributed by atoms with Crippen molar-refractivity contribution in [2.75, 3.05) is 7.11 Å². The lowest BCUT2D eigenvalue weighted by Gasteiger charge is -2.38. The first kappa shape index (κ1) is 23.4. The number of hydrogen-bond acceptors (Lipinski definition) is 12. The molecule has 0 saturated carbocycles. The average Bonchev–Trinajstić information content (AvgIpc) is 2.78. The first-order valence-corrected chi connectivity index (χ1v) is 10.0. The quantitative estimate of drug-likeness (QED) is 0.257. The second-order valence-electron chi connectivity index (χ2n) is 7.77. The minimum atomic E-state index is -1.62. The molecule has 0 amide bonds. The third kappa shape index (κ3) is 3.82. The molecule has 4 rings (SSSR count). The molecule has 1 fully saturated rings. The molecule has 2 heterocycles. The van der Waals surface area contributed by atoms with E-state index in [0.717, 1.165) is 18.2 Å². The maximum atomic E-state index is 13.0. The van der Waals surface area contributed by atoms with Gasteiger partial charge in [0, 0.05) is 17.7 Å². The third-order valence-corrected chi connectivity index (χ3v) is 5.50. The average molecular weight is 478 g/mol. The zero-order chi connectivity index (χ0) is 24.9. The lowest BCUT2D eigenvalue weighted by molar-refractivity contribution is -0.268. The van der Waals surface area contributed by atoms with E-state index in [1.165, 1.54) is 20.1 Å². The highest BCUT2D eigenvalue weighted by Crippen LogP contribution is 2.42. The van der Waals surface area contributed by atoms with E-state index in [1.54, 1.807) is 0 Å². The second-order valence-corrected chi connectivity index (χ2v) is 7.77. The molecule has 12 nitrogen and oxygen atoms in total. The van der Waals surface area contributed by atoms with Crippen LogP contribution in [0, 0.1) is 0 Å². The standard InChI is InChI=1S/C22H22O12/c1-7-15(26)18(29)19(30)22(32-7)33-9-5-10(23)14-13(6-9)34-20(21(31-2)17(14)28)8-3-11(24)16(27)12(25)4-8/h3-7,15,18-19,22-27,29-30H,1-2H3/t7-,15+,18+,19-,22+/m1/s1. The van der Waals surface area contributed by atoms with Crippen molar-refractivity contribution in [1.82, 2.24) is 0 Å². The number of fused-ring (bicyclic) bond motifs is 1. The molecular formula is C22H22O12. The number of phenols is 4. The topological polar surface area (TPSA) is 200 Å². The number of aromatic hydroxyl groups is 4. The predicted octanol–water partition coefficient (Wildman–Crippen LogP) is 0.497. The van der Waals surface area contributed by atoms with Crippen LogP contribution in [-0.2, 0) is 4.74 Å². The minimum absolute atomic E-state index is 0.0218. The molecule has 0 unspecified atom stereocenters. The summed E-state index contributed by atoms with van der Waals surface area (Å²) in [6.07, 6.45) is -6.80. The van der Waals surface area contributed by atoms with E-state index < -0.39 is 59.1 Å². The van der Waals surface area contributed by atoms with E-state index in [0.29, 0.717) is 0 Å². The molecule has 7 N–H and O–H groups in total. The molecule has 5 atom stereocenters. The number of aliphatic hydroxyl groups is 3. The Morgan fingerprint density at radius 1 is 0.882 bits per heavy atom. The lowest BCUT2D eigenvalue weighted by Crippen LogP contribution is -2.58. The van der Waals surface area contributed by atoms with Crippen LogP contribution in [0.25, 0.3) is 22.3 Å². The van der Waals surface area contributed by atoms with Gasteiger partial charge in [-0.05, 0) is 19.1 Å². The van der Waals surface area contributed by atoms with Crippen LogP contribution in [0.5, 0.6) is 34.5 Å². The SMILES string of the molecule is COc1c(-c2cc(O)c(O)c(O)c2)oc2cc(O[C@@H]3O[C@H](C)[C@H](O)[C@H](O)[C@H]3O)cc(O)c2c1=O. The number of rotatable bonds is 4. The van der Waals surface area contributed by atoms with E-state index in [4.69, 9.17) is 18.6 Å². The molecule has 1 aromatic heterocycles. The molecule has 0 spiro atoms. The Morgan fingerprint density at radius 2 is 1.53 bits per heavy atom. The molecule has 0 aliphatic carbocycles. The lowest BCUT2D eigenvalue weighted by atomic mass is 10.00. The van der Waals surface area contributed by atoms with E-state index >= 15 is 0 Å². The van der Waals surface area contributed by atoms with Gasteiger partial charge in [0.15, 0.2) is 23.0 Å². The van der Waals surface area contributed by atoms with Crippen molar-refractivity contribution in [3.8, 4) is 45.8 Å². The first-order valence-electron chi connectivity index (χ1n) is 10.0. The Hall–Kier alpha value is -3.71. The molecule has 34 heavy (non-hydrogen) atoms. The van der Waals surface area contributed by atoms with Crippen LogP contribution in [-0.4, -0.2) is 73.6 Å². The summed E-state index contributed by atoms with van der Waals surface area (Å²) < 4.78 is 21.8. The van der Waals surface area contributed by atoms with Crippen molar-refractivity contribution in [2.45, 2.75) is 37.6 Å². The summed E-state index contributed by atoms with van der Waals surface area (Å²) in [5.41, 5.74) is -0.996. The molecule has 1 aliphatic rings. The fourth-order valence-corrected chi connectivity index (χ4v) is 3.68. The largest absolute Gasteiger partial charge is 0.507 e. The van der Waals surface area contributed by atoms with Gasteiger partial charge >= 0.3 is 0 Å². The molecule has 1 aliphatic heterocycles. The number of aliphatic hydroxyl groups excluding tert-OH is 3. The van der Waals surface area contributed by atoms with Crippen LogP contribution in [0.4, 0.5) is 0 Å². The summed E-state index contributed by atoms with van der Waals surface area (Å²) in [7, 11) is 1.18. The van der Waals surface area contributed by atoms with Gasteiger partial charge in [-0.3, -0.25) is 4.79 Å². The van der Waals surface area contributed by atoms with Crippen molar-refractivity contribution >= 4 is 11.0 Å². The monoisotopic (exact) mass is 478 g/mol. The van der Waals surface area contributed by atoms with Crippen LogP contribution in [0.2, 0.25) is 0 Å². The maximum absolute atomic E-state index is 13.0. The fourth-order valence-electron chi connectivity index (χ4n) is 3.68. The summed E-state index contributed by atoms with van der Waals surface area (Å²) >= 11 is 0. The highest BCUT2D eigenvalue weighted by atomic mass is 16.7. The van der Waals surface area contributed by atoms with Gasteiger partial charge in [0.05, 0.1) is 13.2 Å². The van der Waals surface area contributed by atoms with Crippen molar-refractivity contribution in [3.63, 3.8) is 0 Å². The molecule has 2 aromatic carbocycles. The Labute approximate surface area is 191 Å². The van der Waals surface area contributed by atoms with Gasteiger partial charge in [0.1, 0.15) is 40.8 Å². The van der Waals surface area contributed by atoms with Crippen molar-refractivity contribution in [3.05, 3.63) is 34.5 Å². The number of methoxy groups -OCH3 is 1. The molecule has 0 bridgehead atoms. The van der Waals surface area contributed by atoms with Crippen molar-refractivity contribution in [2.24, 2.45) is 0 Å². The zero-order valence-electron chi connectivity index (χ0n) is 17.9. The van der Waals surface area contributed by atoms with Crippen molar-refractivity contribution < 1.29 is 54.4 Å². The Balaban J connectivity index is 1.82.